The molecule has 4 rings (SSSR count). The summed E-state index contributed by atoms with van der Waals surface area (Å²) >= 11 is 3.40. The van der Waals surface area contributed by atoms with Crippen LogP contribution in [0.4, 0.5) is 8.78 Å². The molecule has 9 N–H and O–H groups in total. The van der Waals surface area contributed by atoms with Crippen LogP contribution in [-0.2, 0) is 48.7 Å². The fraction of sp³-hybridized carbons (Fsp3) is 0.310. The second-order valence-electron chi connectivity index (χ2n) is 14.2. The van der Waals surface area contributed by atoms with Crippen molar-refractivity contribution in [1.29, 1.82) is 0 Å². The van der Waals surface area contributed by atoms with E-state index in [2.05, 4.69) is 37.2 Å². The largest absolute Gasteiger partial charge is 0.504 e. The first kappa shape index (κ1) is 48.0. The average molecular weight is 931 g/mol. The third-order valence-electron chi connectivity index (χ3n) is 9.58. The number of carbonyl (C=O) groups is 5. The monoisotopic (exact) mass is 929 g/mol. The topological polar surface area (TPSA) is 246 Å². The molecule has 61 heavy (non-hydrogen) atoms. The zero-order valence-corrected chi connectivity index (χ0v) is 35.7. The van der Waals surface area contributed by atoms with Gasteiger partial charge in [0.15, 0.2) is 11.5 Å². The van der Waals surface area contributed by atoms with Crippen LogP contribution in [0, 0.1) is 6.92 Å². The molecule has 0 radical (unpaired) electrons. The number of amides is 5. The summed E-state index contributed by atoms with van der Waals surface area (Å²) in [7, 11) is -4.54. The Labute approximate surface area is 359 Å². The van der Waals surface area contributed by atoms with Crippen molar-refractivity contribution in [2.45, 2.75) is 69.2 Å². The third kappa shape index (κ3) is 13.9. The van der Waals surface area contributed by atoms with E-state index in [-0.39, 0.29) is 55.2 Å². The third-order valence-corrected chi connectivity index (χ3v) is 11.4. The lowest BCUT2D eigenvalue weighted by molar-refractivity contribution is -0.133. The molecule has 0 spiro atoms. The summed E-state index contributed by atoms with van der Waals surface area (Å²) in [4.78, 5) is 84.9. The van der Waals surface area contributed by atoms with E-state index in [1.165, 1.54) is 25.3 Å². The van der Waals surface area contributed by atoms with E-state index in [4.69, 9.17) is 10.5 Å². The quantitative estimate of drug-likeness (QED) is 0.0436. The Morgan fingerprint density at radius 2 is 1.39 bits per heavy atom. The highest BCUT2D eigenvalue weighted by molar-refractivity contribution is 9.10. The molecule has 0 aliphatic rings. The number of halogens is 3. The summed E-state index contributed by atoms with van der Waals surface area (Å²) in [5.74, 6) is -3.52. The highest BCUT2D eigenvalue weighted by atomic mass is 79.9. The van der Waals surface area contributed by atoms with Crippen LogP contribution in [0.3, 0.4) is 0 Å². The summed E-state index contributed by atoms with van der Waals surface area (Å²) in [6, 6.07) is 17.9. The van der Waals surface area contributed by atoms with Crippen molar-refractivity contribution in [3.8, 4) is 11.5 Å². The molecule has 5 amide bonds. The molecule has 15 nitrogen and oxygen atoms in total. The van der Waals surface area contributed by atoms with Gasteiger partial charge in [-0.2, -0.15) is 8.78 Å². The Bertz CT molecular complexity index is 2250. The lowest BCUT2D eigenvalue weighted by atomic mass is 10.0. The number of nitrogens with one attached hydrogen (secondary N) is 4. The molecule has 0 aromatic heterocycles. The van der Waals surface area contributed by atoms with Crippen LogP contribution < -0.4 is 31.7 Å². The lowest BCUT2D eigenvalue weighted by Gasteiger charge is -2.25. The number of phenols is 1. The molecule has 0 aliphatic carbocycles. The van der Waals surface area contributed by atoms with Crippen molar-refractivity contribution in [1.82, 2.24) is 21.3 Å². The van der Waals surface area contributed by atoms with Gasteiger partial charge in [0.2, 0.25) is 23.6 Å². The van der Waals surface area contributed by atoms with Crippen molar-refractivity contribution in [2.75, 3.05) is 13.7 Å². The normalized spacial score (nSPS) is 13.0. The fourth-order valence-electron chi connectivity index (χ4n) is 6.12. The van der Waals surface area contributed by atoms with Crippen molar-refractivity contribution in [2.24, 2.45) is 5.73 Å². The Hall–Kier alpha value is -5.68. The summed E-state index contributed by atoms with van der Waals surface area (Å²) in [5.41, 5.74) is 2.86. The minimum absolute atomic E-state index is 0.0283. The van der Waals surface area contributed by atoms with Crippen LogP contribution in [0.2, 0.25) is 0 Å². The second-order valence-corrected chi connectivity index (χ2v) is 16.7. The number of rotatable bonds is 21. The molecule has 3 atom stereocenters. The Morgan fingerprint density at radius 1 is 0.803 bits per heavy atom. The molecule has 0 saturated heterocycles. The number of carbonyl (C=O) groups excluding carboxylic acids is 5. The van der Waals surface area contributed by atoms with E-state index in [9.17, 15) is 52.2 Å². The number of aromatic hydroxyl groups is 1. The number of phenolic OH excluding ortho intramolecular Hbond substituents is 1. The van der Waals surface area contributed by atoms with E-state index < -0.39 is 60.6 Å². The molecule has 0 heterocycles. The number of nitrogens with two attached hydrogens (primary N) is 1. The Morgan fingerprint density at radius 3 is 1.98 bits per heavy atom. The Kier molecular flexibility index (Phi) is 17.1. The van der Waals surface area contributed by atoms with Gasteiger partial charge in [-0.05, 0) is 72.7 Å². The first-order valence-electron chi connectivity index (χ1n) is 19.0. The number of primary amides is 1. The van der Waals surface area contributed by atoms with Gasteiger partial charge in [-0.25, -0.2) is 0 Å². The van der Waals surface area contributed by atoms with E-state index >= 15 is 0 Å². The second kappa shape index (κ2) is 21.7. The number of hydrogen-bond acceptors (Lipinski definition) is 8. The molecule has 19 heteroatoms. The summed E-state index contributed by atoms with van der Waals surface area (Å²) < 4.78 is 46.2. The maximum absolute atomic E-state index is 14.4. The molecule has 4 aromatic rings. The van der Waals surface area contributed by atoms with Crippen LogP contribution in [0.5, 0.6) is 11.5 Å². The number of aryl methyl sites for hydroxylation is 1. The number of hydrogen-bond donors (Lipinski definition) is 8. The highest BCUT2D eigenvalue weighted by Gasteiger charge is 2.50. The molecular formula is C42H47BrF2N5O10P. The smallest absolute Gasteiger partial charge is 0.399 e. The maximum atomic E-state index is 14.4. The van der Waals surface area contributed by atoms with E-state index in [0.29, 0.717) is 29.5 Å². The molecule has 0 bridgehead atoms. The van der Waals surface area contributed by atoms with Gasteiger partial charge in [0, 0.05) is 35.0 Å². The predicted octanol–water partition coefficient (Wildman–Crippen LogP) is 4.27. The van der Waals surface area contributed by atoms with Crippen LogP contribution >= 0.6 is 23.5 Å². The molecular weight excluding hydrogens is 883 g/mol. The first-order valence-corrected chi connectivity index (χ1v) is 21.4. The maximum Gasteiger partial charge on any atom is 0.399 e. The number of benzene rings is 4. The number of methoxy groups -OCH3 is 1. The summed E-state index contributed by atoms with van der Waals surface area (Å²) in [6.07, 6.45) is 0.176. The molecule has 0 unspecified atom stereocenters. The van der Waals surface area contributed by atoms with Crippen molar-refractivity contribution in [3.63, 3.8) is 0 Å². The van der Waals surface area contributed by atoms with Crippen LogP contribution in [0.1, 0.15) is 57.4 Å². The van der Waals surface area contributed by atoms with Gasteiger partial charge in [-0.3, -0.25) is 28.5 Å². The zero-order chi connectivity index (χ0) is 44.9. The van der Waals surface area contributed by atoms with Gasteiger partial charge in [-0.1, -0.05) is 82.7 Å². The Balaban J connectivity index is 1.53. The highest BCUT2D eigenvalue weighted by Crippen LogP contribution is 2.59. The van der Waals surface area contributed by atoms with E-state index in [1.54, 1.807) is 48.5 Å². The molecule has 4 aromatic carbocycles. The standard InChI is InChI=1S/C42H47BrF2N5O10P/c1-25-11-15-29(24-31(25)43)39(54)47-19-7-6-10-32(38(46)53)49-41(56)34(21-27-12-16-30(17-13-27)42(44,45)61(57,58)59)50-40(55)33(20-26-8-4-3-5-9-26)48-37(52)23-28-14-18-35(51)36(22-28)60-2/h3-5,8-9,11-18,22,24,32-34,51H,6-7,10,19-21,23H2,1-2H3,(H2,46,53)(H,47,54)(H,48,52)(H,49,56)(H,50,55)(H2,57,58,59)/t32-,33-,34-/m0/s1. The van der Waals surface area contributed by atoms with Crippen molar-refractivity contribution in [3.05, 3.63) is 129 Å². The predicted molar refractivity (Wildman–Crippen MR) is 225 cm³/mol. The minimum Gasteiger partial charge on any atom is -0.504 e. The number of unbranched alkanes of at least 4 members (excludes halogenated alkanes) is 1. The van der Waals surface area contributed by atoms with Crippen molar-refractivity contribution < 1.29 is 56.9 Å². The van der Waals surface area contributed by atoms with Gasteiger partial charge >= 0.3 is 13.3 Å². The molecule has 0 saturated carbocycles. The number of ether oxygens (including phenoxy) is 1. The molecule has 0 aliphatic heterocycles. The van der Waals surface area contributed by atoms with Gasteiger partial charge in [0.05, 0.1) is 13.5 Å². The van der Waals surface area contributed by atoms with E-state index in [1.807, 2.05) is 6.92 Å². The summed E-state index contributed by atoms with van der Waals surface area (Å²) in [6.45, 7) is 2.13. The molecule has 326 valence electrons. The van der Waals surface area contributed by atoms with Gasteiger partial charge < -0.3 is 46.6 Å². The molecule has 0 fully saturated rings. The van der Waals surface area contributed by atoms with Crippen LogP contribution in [-0.4, -0.2) is 76.2 Å². The average Bonchev–Trinajstić information content (AvgIpc) is 3.21. The SMILES string of the molecule is COc1cc(CC(=O)N[C@@H](Cc2ccccc2)C(=O)N[C@@H](Cc2ccc(C(F)(F)P(=O)(O)O)cc2)C(=O)N[C@@H](CCCCNC(=O)c2ccc(C)c(Br)c2)C(N)=O)ccc1O. The lowest BCUT2D eigenvalue weighted by Crippen LogP contribution is -2.57. The minimum atomic E-state index is -5.88. The van der Waals surface area contributed by atoms with E-state index in [0.717, 1.165) is 34.3 Å². The number of alkyl halides is 2. The van der Waals surface area contributed by atoms with Gasteiger partial charge in [0.1, 0.15) is 18.1 Å². The summed E-state index contributed by atoms with van der Waals surface area (Å²) in [5, 5.41) is 20.6. The fourth-order valence-corrected chi connectivity index (χ4v) is 6.98. The first-order chi connectivity index (χ1) is 28.8. The van der Waals surface area contributed by atoms with Crippen molar-refractivity contribution >= 4 is 53.1 Å². The van der Waals surface area contributed by atoms with Crippen LogP contribution in [0.15, 0.2) is 95.5 Å². The van der Waals surface area contributed by atoms with Gasteiger partial charge in [0.25, 0.3) is 5.91 Å². The van der Waals surface area contributed by atoms with Gasteiger partial charge in [-0.15, -0.1) is 0 Å². The van der Waals surface area contributed by atoms with Crippen LogP contribution in [0.25, 0.3) is 0 Å². The zero-order valence-electron chi connectivity index (χ0n) is 33.2.